The monoisotopic (exact) mass is 287 g/mol. The largest absolute Gasteiger partial charge is 0.326 e. The van der Waals surface area contributed by atoms with Crippen LogP contribution in [-0.4, -0.2) is 29.9 Å². The molecule has 2 aliphatic rings. The van der Waals surface area contributed by atoms with E-state index in [2.05, 4.69) is 10.2 Å². The Balaban J connectivity index is 1.48. The van der Waals surface area contributed by atoms with E-state index >= 15 is 0 Å². The van der Waals surface area contributed by atoms with Gasteiger partial charge in [-0.1, -0.05) is 18.2 Å². The predicted molar refractivity (Wildman–Crippen MR) is 84.9 cm³/mol. The molecule has 3 rings (SSSR count). The third kappa shape index (κ3) is 4.29. The van der Waals surface area contributed by atoms with E-state index in [4.69, 9.17) is 5.73 Å². The molecule has 4 heteroatoms. The van der Waals surface area contributed by atoms with Crippen LogP contribution in [0.4, 0.5) is 5.69 Å². The number of hydrogen-bond acceptors (Lipinski definition) is 3. The molecule has 0 spiro atoms. The number of hydrogen-bond donors (Lipinski definition) is 2. The topological polar surface area (TPSA) is 58.4 Å². The lowest BCUT2D eigenvalue weighted by Crippen LogP contribution is -2.31. The summed E-state index contributed by atoms with van der Waals surface area (Å²) in [5.74, 6) is 0.990. The highest BCUT2D eigenvalue weighted by molar-refractivity contribution is 5.91. The summed E-state index contributed by atoms with van der Waals surface area (Å²) in [5, 5.41) is 3.00. The third-order valence-electron chi connectivity index (χ3n) is 4.39. The van der Waals surface area contributed by atoms with Crippen LogP contribution in [-0.2, 0) is 11.3 Å². The van der Waals surface area contributed by atoms with Crippen LogP contribution >= 0.6 is 0 Å². The van der Waals surface area contributed by atoms with Gasteiger partial charge in [-0.2, -0.15) is 0 Å². The zero-order chi connectivity index (χ0) is 14.7. The molecule has 0 atom stereocenters. The van der Waals surface area contributed by atoms with Crippen molar-refractivity contribution in [3.63, 3.8) is 0 Å². The van der Waals surface area contributed by atoms with Gasteiger partial charge in [-0.25, -0.2) is 0 Å². The van der Waals surface area contributed by atoms with Gasteiger partial charge in [-0.05, 0) is 43.2 Å². The van der Waals surface area contributed by atoms with Gasteiger partial charge in [0.05, 0.1) is 0 Å². The fourth-order valence-corrected chi connectivity index (χ4v) is 2.77. The lowest BCUT2D eigenvalue weighted by molar-refractivity contribution is -0.116. The van der Waals surface area contributed by atoms with Gasteiger partial charge in [-0.3, -0.25) is 9.69 Å². The average Bonchev–Trinajstić information content (AvgIpc) is 3.37. The zero-order valence-electron chi connectivity index (χ0n) is 12.6. The Morgan fingerprint density at radius 1 is 1.24 bits per heavy atom. The van der Waals surface area contributed by atoms with Crippen molar-refractivity contribution < 1.29 is 4.79 Å². The quantitative estimate of drug-likeness (QED) is 0.771. The Hall–Kier alpha value is -1.39. The smallest absolute Gasteiger partial charge is 0.225 e. The molecule has 4 nitrogen and oxygen atoms in total. The molecule has 2 aliphatic carbocycles. The summed E-state index contributed by atoms with van der Waals surface area (Å²) in [5.41, 5.74) is 7.54. The van der Waals surface area contributed by atoms with Gasteiger partial charge in [0, 0.05) is 37.8 Å². The SMILES string of the molecule is NCc1ccccc1NC(=O)CCN(CC1CC1)C1CC1. The lowest BCUT2D eigenvalue weighted by atomic mass is 10.1. The molecule has 1 aromatic rings. The van der Waals surface area contributed by atoms with Gasteiger partial charge < -0.3 is 11.1 Å². The molecule has 0 unspecified atom stereocenters. The fourth-order valence-electron chi connectivity index (χ4n) is 2.77. The highest BCUT2D eigenvalue weighted by Gasteiger charge is 2.33. The van der Waals surface area contributed by atoms with Gasteiger partial charge in [0.15, 0.2) is 0 Å². The summed E-state index contributed by atoms with van der Waals surface area (Å²) in [4.78, 5) is 14.7. The molecule has 114 valence electrons. The maximum absolute atomic E-state index is 12.2. The van der Waals surface area contributed by atoms with Crippen LogP contribution in [0.25, 0.3) is 0 Å². The highest BCUT2D eigenvalue weighted by atomic mass is 16.1. The molecule has 0 aromatic heterocycles. The van der Waals surface area contributed by atoms with Crippen LogP contribution in [0.2, 0.25) is 0 Å². The molecule has 2 fully saturated rings. The number of carbonyl (C=O) groups is 1. The minimum Gasteiger partial charge on any atom is -0.326 e. The van der Waals surface area contributed by atoms with Crippen molar-refractivity contribution >= 4 is 11.6 Å². The number of carbonyl (C=O) groups excluding carboxylic acids is 1. The molecule has 0 aliphatic heterocycles. The van der Waals surface area contributed by atoms with Crippen LogP contribution in [0.15, 0.2) is 24.3 Å². The Labute approximate surface area is 126 Å². The van der Waals surface area contributed by atoms with Crippen LogP contribution in [0.5, 0.6) is 0 Å². The van der Waals surface area contributed by atoms with Gasteiger partial charge in [-0.15, -0.1) is 0 Å². The van der Waals surface area contributed by atoms with E-state index < -0.39 is 0 Å². The molecule has 2 saturated carbocycles. The van der Waals surface area contributed by atoms with E-state index in [-0.39, 0.29) is 5.91 Å². The molecule has 0 radical (unpaired) electrons. The first-order valence-corrected chi connectivity index (χ1v) is 8.08. The number of rotatable bonds is 8. The van der Waals surface area contributed by atoms with E-state index in [1.54, 1.807) is 0 Å². The number of amides is 1. The van der Waals surface area contributed by atoms with Gasteiger partial charge >= 0.3 is 0 Å². The second-order valence-corrected chi connectivity index (χ2v) is 6.33. The van der Waals surface area contributed by atoms with E-state index in [9.17, 15) is 4.79 Å². The number of nitrogens with two attached hydrogens (primary N) is 1. The Morgan fingerprint density at radius 3 is 2.67 bits per heavy atom. The number of nitrogens with zero attached hydrogens (tertiary/aromatic N) is 1. The van der Waals surface area contributed by atoms with Crippen molar-refractivity contribution in [2.45, 2.75) is 44.7 Å². The van der Waals surface area contributed by atoms with Gasteiger partial charge in [0.1, 0.15) is 0 Å². The summed E-state index contributed by atoms with van der Waals surface area (Å²) in [6, 6.07) is 8.50. The van der Waals surface area contributed by atoms with E-state index in [0.717, 1.165) is 29.8 Å². The lowest BCUT2D eigenvalue weighted by Gasteiger charge is -2.21. The number of nitrogens with one attached hydrogen (secondary N) is 1. The normalized spacial score (nSPS) is 18.0. The first-order chi connectivity index (χ1) is 10.3. The Morgan fingerprint density at radius 2 is 2.00 bits per heavy atom. The maximum Gasteiger partial charge on any atom is 0.225 e. The van der Waals surface area contributed by atoms with Crippen molar-refractivity contribution in [3.8, 4) is 0 Å². The molecule has 3 N–H and O–H groups in total. The number of benzene rings is 1. The molecule has 0 heterocycles. The average molecular weight is 287 g/mol. The van der Waals surface area contributed by atoms with Crippen molar-refractivity contribution in [2.75, 3.05) is 18.4 Å². The molecule has 0 saturated heterocycles. The van der Waals surface area contributed by atoms with Crippen LogP contribution in [0, 0.1) is 5.92 Å². The molecular formula is C17H25N3O. The van der Waals surface area contributed by atoms with Crippen molar-refractivity contribution in [2.24, 2.45) is 11.7 Å². The molecular weight excluding hydrogens is 262 g/mol. The van der Waals surface area contributed by atoms with Crippen LogP contribution < -0.4 is 11.1 Å². The van der Waals surface area contributed by atoms with Crippen molar-refractivity contribution in [3.05, 3.63) is 29.8 Å². The summed E-state index contributed by atoms with van der Waals surface area (Å²) >= 11 is 0. The molecule has 0 bridgehead atoms. The van der Waals surface area contributed by atoms with Crippen molar-refractivity contribution in [1.29, 1.82) is 0 Å². The van der Waals surface area contributed by atoms with Gasteiger partial charge in [0.2, 0.25) is 5.91 Å². The minimum absolute atomic E-state index is 0.0948. The second kappa shape index (κ2) is 6.58. The van der Waals surface area contributed by atoms with Crippen LogP contribution in [0.1, 0.15) is 37.7 Å². The summed E-state index contributed by atoms with van der Waals surface area (Å²) in [6.07, 6.45) is 5.94. The van der Waals surface area contributed by atoms with E-state index in [1.807, 2.05) is 24.3 Å². The summed E-state index contributed by atoms with van der Waals surface area (Å²) < 4.78 is 0. The van der Waals surface area contributed by atoms with E-state index in [0.29, 0.717) is 13.0 Å². The maximum atomic E-state index is 12.2. The Bertz CT molecular complexity index is 495. The molecule has 21 heavy (non-hydrogen) atoms. The molecule has 1 amide bonds. The summed E-state index contributed by atoms with van der Waals surface area (Å²) in [7, 11) is 0. The standard InChI is InChI=1S/C17H25N3O/c18-11-14-3-1-2-4-16(14)19-17(21)9-10-20(15-7-8-15)12-13-5-6-13/h1-4,13,15H,5-12,18H2,(H,19,21). The first kappa shape index (κ1) is 14.5. The third-order valence-corrected chi connectivity index (χ3v) is 4.39. The number of para-hydroxylation sites is 1. The minimum atomic E-state index is 0.0948. The molecule has 1 aromatic carbocycles. The fraction of sp³-hybridized carbons (Fsp3) is 0.588. The van der Waals surface area contributed by atoms with Crippen molar-refractivity contribution in [1.82, 2.24) is 4.90 Å². The van der Waals surface area contributed by atoms with E-state index in [1.165, 1.54) is 32.2 Å². The second-order valence-electron chi connectivity index (χ2n) is 6.33. The predicted octanol–water partition coefficient (Wildman–Crippen LogP) is 2.35. The first-order valence-electron chi connectivity index (χ1n) is 8.08. The number of anilines is 1. The summed E-state index contributed by atoms with van der Waals surface area (Å²) in [6.45, 7) is 2.53. The highest BCUT2D eigenvalue weighted by Crippen LogP contribution is 2.34. The van der Waals surface area contributed by atoms with Crippen LogP contribution in [0.3, 0.4) is 0 Å². The van der Waals surface area contributed by atoms with Gasteiger partial charge in [0.25, 0.3) is 0 Å². The zero-order valence-corrected chi connectivity index (χ0v) is 12.6. The Kier molecular flexibility index (Phi) is 4.56.